The van der Waals surface area contributed by atoms with E-state index in [2.05, 4.69) is 20.7 Å². The van der Waals surface area contributed by atoms with Crippen LogP contribution in [0.1, 0.15) is 13.8 Å². The van der Waals surface area contributed by atoms with E-state index in [9.17, 15) is 9.00 Å². The molecule has 8 nitrogen and oxygen atoms in total. The number of hydrogen-bond acceptors (Lipinski definition) is 6. The molecule has 1 aromatic heterocycles. The molecular weight excluding hydrogens is 288 g/mol. The Morgan fingerprint density at radius 1 is 1.53 bits per heavy atom. The Balaban J connectivity index is 0.000000861. The first-order valence-electron chi connectivity index (χ1n) is 5.68. The van der Waals surface area contributed by atoms with Gasteiger partial charge in [-0.3, -0.25) is 5.43 Å². The smallest absolute Gasteiger partial charge is 0.286 e. The number of carbonyl (C=O) groups is 1. The Labute approximate surface area is 118 Å². The van der Waals surface area contributed by atoms with Crippen LogP contribution in [0, 0.1) is 0 Å². The molecule has 0 radical (unpaired) electrons. The fourth-order valence-corrected chi connectivity index (χ4v) is 2.43. The topological polar surface area (TPSA) is 91.3 Å². The number of nitrogens with zero attached hydrogens (tertiary/aromatic N) is 3. The highest BCUT2D eigenvalue weighted by Gasteiger charge is 2.27. The lowest BCUT2D eigenvalue weighted by molar-refractivity contribution is 0.185. The van der Waals surface area contributed by atoms with Gasteiger partial charge >= 0.3 is 6.03 Å². The molecule has 10 heteroatoms. The van der Waals surface area contributed by atoms with Gasteiger partial charge in [-0.25, -0.2) is 28.3 Å². The number of aromatic nitrogens is 2. The van der Waals surface area contributed by atoms with Crippen molar-refractivity contribution >= 4 is 34.6 Å². The first-order valence-corrected chi connectivity index (χ1v) is 8.22. The van der Waals surface area contributed by atoms with Crippen LogP contribution >= 0.6 is 11.8 Å². The van der Waals surface area contributed by atoms with Crippen LogP contribution in [-0.4, -0.2) is 44.0 Å². The summed E-state index contributed by atoms with van der Waals surface area (Å²) in [5.74, 6) is 0.883. The summed E-state index contributed by atoms with van der Waals surface area (Å²) >= 11 is 1.50. The van der Waals surface area contributed by atoms with Crippen molar-refractivity contribution in [1.82, 2.24) is 24.8 Å². The van der Waals surface area contributed by atoms with Gasteiger partial charge in [-0.1, -0.05) is 13.8 Å². The van der Waals surface area contributed by atoms with E-state index in [4.69, 9.17) is 0 Å². The van der Waals surface area contributed by atoms with E-state index in [0.717, 1.165) is 0 Å². The lowest BCUT2D eigenvalue weighted by Gasteiger charge is -2.28. The molecule has 19 heavy (non-hydrogen) atoms. The number of hydrogen-bond donors (Lipinski definition) is 3. The highest BCUT2D eigenvalue weighted by molar-refractivity contribution is 7.98. The summed E-state index contributed by atoms with van der Waals surface area (Å²) in [4.78, 5) is 15.9. The van der Waals surface area contributed by atoms with Gasteiger partial charge in [0.1, 0.15) is 17.3 Å². The van der Waals surface area contributed by atoms with E-state index < -0.39 is 11.0 Å². The quantitative estimate of drug-likeness (QED) is 0.754. The van der Waals surface area contributed by atoms with Gasteiger partial charge in [0.15, 0.2) is 10.8 Å². The number of hydrazine groups is 2. The number of rotatable bonds is 4. The van der Waals surface area contributed by atoms with Gasteiger partial charge in [-0.15, -0.1) is 17.3 Å². The van der Waals surface area contributed by atoms with Crippen molar-refractivity contribution in [3.8, 4) is 0 Å². The van der Waals surface area contributed by atoms with Crippen LogP contribution < -0.4 is 15.7 Å². The summed E-state index contributed by atoms with van der Waals surface area (Å²) in [6.07, 6.45) is 3.24. The summed E-state index contributed by atoms with van der Waals surface area (Å²) in [6.45, 7) is 4.00. The summed E-state index contributed by atoms with van der Waals surface area (Å²) < 4.78 is 15.5. The number of nitrogens with one attached hydrogen (secondary N) is 3. The zero-order chi connectivity index (χ0) is 14.4. The number of amides is 1. The lowest BCUT2D eigenvalue weighted by atomic mass is 10.7. The van der Waals surface area contributed by atoms with Crippen LogP contribution in [0.2, 0.25) is 0 Å². The maximum absolute atomic E-state index is 11.9. The van der Waals surface area contributed by atoms with Gasteiger partial charge in [0, 0.05) is 0 Å². The van der Waals surface area contributed by atoms with Crippen molar-refractivity contribution in [2.75, 3.05) is 24.6 Å². The van der Waals surface area contributed by atoms with Crippen molar-refractivity contribution < 1.29 is 9.00 Å². The van der Waals surface area contributed by atoms with E-state index in [-0.39, 0.29) is 11.1 Å². The van der Waals surface area contributed by atoms with Gasteiger partial charge < -0.3 is 0 Å². The second kappa shape index (κ2) is 7.48. The molecule has 0 aromatic carbocycles. The highest BCUT2D eigenvalue weighted by Crippen LogP contribution is 2.20. The molecule has 1 aliphatic heterocycles. The van der Waals surface area contributed by atoms with Crippen molar-refractivity contribution in [3.63, 3.8) is 0 Å². The highest BCUT2D eigenvalue weighted by atomic mass is 32.2. The molecule has 0 spiro atoms. The third kappa shape index (κ3) is 3.26. The fourth-order valence-electron chi connectivity index (χ4n) is 1.34. The summed E-state index contributed by atoms with van der Waals surface area (Å²) in [5.41, 5.74) is 5.52. The number of anilines is 1. The molecule has 1 aliphatic rings. The normalized spacial score (nSPS) is 15.2. The van der Waals surface area contributed by atoms with Gasteiger partial charge in [0.2, 0.25) is 0 Å². The lowest BCUT2D eigenvalue weighted by Crippen LogP contribution is -2.52. The molecule has 0 bridgehead atoms. The Morgan fingerprint density at radius 3 is 2.79 bits per heavy atom. The first-order chi connectivity index (χ1) is 9.19. The van der Waals surface area contributed by atoms with E-state index >= 15 is 0 Å². The maximum Gasteiger partial charge on any atom is 0.347 e. The summed E-state index contributed by atoms with van der Waals surface area (Å²) in [6, 6.07) is -0.264. The Hall–Kier alpha value is -1.10. The molecular formula is C9H18N6O2S2. The molecule has 1 aromatic rings. The predicted octanol–water partition coefficient (Wildman–Crippen LogP) is 0.587. The van der Waals surface area contributed by atoms with Crippen LogP contribution in [0.5, 0.6) is 0 Å². The Kier molecular flexibility index (Phi) is 6.28. The van der Waals surface area contributed by atoms with Crippen molar-refractivity contribution in [3.05, 3.63) is 6.33 Å². The summed E-state index contributed by atoms with van der Waals surface area (Å²) in [7, 11) is 0.117. The van der Waals surface area contributed by atoms with E-state index in [1.165, 1.54) is 27.7 Å². The number of thioether (sulfide) groups is 1. The zero-order valence-corrected chi connectivity index (χ0v) is 12.9. The average Bonchev–Trinajstić information content (AvgIpc) is 2.88. The number of fused-ring (bicyclic) bond motifs is 1. The van der Waals surface area contributed by atoms with Crippen LogP contribution in [0.4, 0.5) is 10.6 Å². The molecule has 0 aliphatic carbocycles. The van der Waals surface area contributed by atoms with Gasteiger partial charge in [0.25, 0.3) is 0 Å². The predicted molar refractivity (Wildman–Crippen MR) is 76.8 cm³/mol. The molecule has 108 valence electrons. The van der Waals surface area contributed by atoms with Crippen LogP contribution in [0.15, 0.2) is 11.4 Å². The van der Waals surface area contributed by atoms with Crippen molar-refractivity contribution in [2.45, 2.75) is 18.9 Å². The molecule has 0 saturated carbocycles. The van der Waals surface area contributed by atoms with Gasteiger partial charge in [-0.05, 0) is 13.3 Å². The zero-order valence-electron chi connectivity index (χ0n) is 11.3. The molecule has 3 N–H and O–H groups in total. The second-order valence-corrected chi connectivity index (χ2v) is 5.27. The number of imidazole rings is 1. The van der Waals surface area contributed by atoms with Crippen molar-refractivity contribution in [2.24, 2.45) is 0 Å². The summed E-state index contributed by atoms with van der Waals surface area (Å²) in [5, 5.41) is 1.68. The monoisotopic (exact) mass is 306 g/mol. The number of carbonyl (C=O) groups excluding carboxylic acids is 1. The minimum Gasteiger partial charge on any atom is -0.286 e. The minimum atomic E-state index is -1.44. The third-order valence-corrected chi connectivity index (χ3v) is 3.64. The van der Waals surface area contributed by atoms with Crippen molar-refractivity contribution in [1.29, 1.82) is 0 Å². The van der Waals surface area contributed by atoms with Crippen LogP contribution in [0.25, 0.3) is 0 Å². The molecule has 0 saturated heterocycles. The second-order valence-electron chi connectivity index (χ2n) is 3.11. The van der Waals surface area contributed by atoms with Gasteiger partial charge in [0.05, 0.1) is 5.88 Å². The molecule has 1 atom stereocenters. The maximum atomic E-state index is 11.9. The minimum absolute atomic E-state index is 0.264. The molecule has 1 amide bonds. The molecule has 0 fully saturated rings. The largest absolute Gasteiger partial charge is 0.347 e. The third-order valence-electron chi connectivity index (χ3n) is 2.10. The van der Waals surface area contributed by atoms with Gasteiger partial charge in [-0.2, -0.15) is 0 Å². The SMILES string of the molecule is CC.CNS(=O)c1ncn2c1NNN(CSC)C2=O. The Bertz CT molecular complexity index is 464. The standard InChI is InChI=1S/C7H12N6O2S2.C2H6/c1-8-17(15)6-5-10-11-13(4-16-2)7(14)12(5)3-9-6;1-2/h3,8,10-11H,4H2,1-2H3;1-2H3. The Morgan fingerprint density at radius 2 is 2.21 bits per heavy atom. The first kappa shape index (κ1) is 16.0. The van der Waals surface area contributed by atoms with Crippen LogP contribution in [0.3, 0.4) is 0 Å². The average molecular weight is 306 g/mol. The molecule has 1 unspecified atom stereocenters. The molecule has 2 rings (SSSR count). The molecule has 2 heterocycles. The van der Waals surface area contributed by atoms with E-state index in [1.807, 2.05) is 20.1 Å². The van der Waals surface area contributed by atoms with E-state index in [1.54, 1.807) is 7.05 Å². The van der Waals surface area contributed by atoms with Crippen LogP contribution in [-0.2, 0) is 11.0 Å². The van der Waals surface area contributed by atoms with E-state index in [0.29, 0.717) is 11.7 Å². The fraction of sp³-hybridized carbons (Fsp3) is 0.556.